The van der Waals surface area contributed by atoms with Gasteiger partial charge in [0.05, 0.1) is 13.2 Å². The molecule has 4 nitrogen and oxygen atoms in total. The highest BCUT2D eigenvalue weighted by atomic mass is 16.5. The first-order chi connectivity index (χ1) is 7.38. The molecule has 0 spiro atoms. The van der Waals surface area contributed by atoms with E-state index in [9.17, 15) is 4.79 Å². The first-order valence-corrected chi connectivity index (χ1v) is 5.84. The van der Waals surface area contributed by atoms with Gasteiger partial charge in [-0.2, -0.15) is 0 Å². The molecule has 0 bridgehead atoms. The molecule has 1 atom stereocenters. The zero-order valence-corrected chi connectivity index (χ0v) is 11.2. The molecular formula is C12H26N2O2. The minimum atomic E-state index is 0.0483. The van der Waals surface area contributed by atoms with Gasteiger partial charge in [-0.05, 0) is 11.3 Å². The Labute approximate surface area is 99.1 Å². The Kier molecular flexibility index (Phi) is 7.34. The monoisotopic (exact) mass is 230 g/mol. The van der Waals surface area contributed by atoms with Crippen molar-refractivity contribution in [1.82, 2.24) is 10.6 Å². The van der Waals surface area contributed by atoms with Crippen LogP contribution in [0.5, 0.6) is 0 Å². The van der Waals surface area contributed by atoms with Crippen molar-refractivity contribution in [2.24, 2.45) is 11.3 Å². The Morgan fingerprint density at radius 2 is 2.00 bits per heavy atom. The van der Waals surface area contributed by atoms with Gasteiger partial charge in [-0.25, -0.2) is 0 Å². The fraction of sp³-hybridized carbons (Fsp3) is 0.917. The van der Waals surface area contributed by atoms with Gasteiger partial charge in [-0.3, -0.25) is 4.79 Å². The van der Waals surface area contributed by atoms with Crippen molar-refractivity contribution >= 4 is 5.91 Å². The van der Waals surface area contributed by atoms with Gasteiger partial charge < -0.3 is 15.4 Å². The molecule has 0 aliphatic carbocycles. The van der Waals surface area contributed by atoms with Crippen molar-refractivity contribution in [2.45, 2.75) is 27.7 Å². The van der Waals surface area contributed by atoms with Crippen LogP contribution in [0.2, 0.25) is 0 Å². The summed E-state index contributed by atoms with van der Waals surface area (Å²) < 4.78 is 4.87. The van der Waals surface area contributed by atoms with Crippen molar-refractivity contribution in [3.63, 3.8) is 0 Å². The summed E-state index contributed by atoms with van der Waals surface area (Å²) in [6.45, 7) is 11.1. The second-order valence-electron chi connectivity index (χ2n) is 5.24. The highest BCUT2D eigenvalue weighted by molar-refractivity contribution is 5.77. The third-order valence-corrected chi connectivity index (χ3v) is 2.85. The summed E-state index contributed by atoms with van der Waals surface area (Å²) in [6.07, 6.45) is 0. The minimum Gasteiger partial charge on any atom is -0.383 e. The van der Waals surface area contributed by atoms with Gasteiger partial charge in [0.15, 0.2) is 0 Å². The van der Waals surface area contributed by atoms with Crippen LogP contribution in [0.3, 0.4) is 0 Å². The van der Waals surface area contributed by atoms with Crippen molar-refractivity contribution < 1.29 is 9.53 Å². The van der Waals surface area contributed by atoms with Crippen LogP contribution in [0, 0.1) is 11.3 Å². The quantitative estimate of drug-likeness (QED) is 0.642. The summed E-state index contributed by atoms with van der Waals surface area (Å²) in [5, 5.41) is 5.94. The highest BCUT2D eigenvalue weighted by Crippen LogP contribution is 2.24. The van der Waals surface area contributed by atoms with Gasteiger partial charge in [-0.1, -0.05) is 27.7 Å². The number of methoxy groups -OCH3 is 1. The Bertz CT molecular complexity index is 200. The molecule has 0 radical (unpaired) electrons. The van der Waals surface area contributed by atoms with Crippen LogP contribution < -0.4 is 10.6 Å². The molecule has 1 amide bonds. The zero-order chi connectivity index (χ0) is 12.6. The van der Waals surface area contributed by atoms with E-state index in [1.165, 1.54) is 0 Å². The molecule has 0 fully saturated rings. The first kappa shape index (κ1) is 15.4. The molecule has 0 aliphatic heterocycles. The topological polar surface area (TPSA) is 50.4 Å². The minimum absolute atomic E-state index is 0.0483. The third kappa shape index (κ3) is 7.65. The average Bonchev–Trinajstić information content (AvgIpc) is 2.19. The summed E-state index contributed by atoms with van der Waals surface area (Å²) in [6, 6.07) is 0. The maximum Gasteiger partial charge on any atom is 0.233 e. The largest absolute Gasteiger partial charge is 0.383 e. The highest BCUT2D eigenvalue weighted by Gasteiger charge is 2.19. The van der Waals surface area contributed by atoms with E-state index in [4.69, 9.17) is 4.74 Å². The van der Waals surface area contributed by atoms with Crippen LogP contribution in [-0.2, 0) is 9.53 Å². The second-order valence-corrected chi connectivity index (χ2v) is 5.24. The van der Waals surface area contributed by atoms with Gasteiger partial charge in [-0.15, -0.1) is 0 Å². The normalized spacial score (nSPS) is 13.6. The van der Waals surface area contributed by atoms with Crippen LogP contribution in [0.25, 0.3) is 0 Å². The smallest absolute Gasteiger partial charge is 0.233 e. The summed E-state index contributed by atoms with van der Waals surface area (Å²) >= 11 is 0. The lowest BCUT2D eigenvalue weighted by Gasteiger charge is -2.27. The van der Waals surface area contributed by atoms with E-state index in [0.29, 0.717) is 25.6 Å². The van der Waals surface area contributed by atoms with Crippen molar-refractivity contribution in [1.29, 1.82) is 0 Å². The van der Waals surface area contributed by atoms with E-state index >= 15 is 0 Å². The standard InChI is InChI=1S/C12H26N2O2/c1-10(12(2,3)4)8-14-11(15)9-13-6-7-16-5/h10,13H,6-9H2,1-5H3,(H,14,15). The molecule has 0 aromatic carbocycles. The van der Waals surface area contributed by atoms with Crippen LogP contribution in [0.15, 0.2) is 0 Å². The molecule has 1 unspecified atom stereocenters. The zero-order valence-electron chi connectivity index (χ0n) is 11.2. The molecule has 96 valence electrons. The van der Waals surface area contributed by atoms with E-state index in [0.717, 1.165) is 6.54 Å². The predicted molar refractivity (Wildman–Crippen MR) is 66.4 cm³/mol. The summed E-state index contributed by atoms with van der Waals surface area (Å²) in [5.41, 5.74) is 0.233. The Morgan fingerprint density at radius 1 is 1.38 bits per heavy atom. The van der Waals surface area contributed by atoms with Crippen molar-refractivity contribution in [2.75, 3.05) is 33.4 Å². The molecule has 0 aromatic rings. The SMILES string of the molecule is COCCNCC(=O)NCC(C)C(C)(C)C. The van der Waals surface area contributed by atoms with Crippen LogP contribution in [-0.4, -0.2) is 39.3 Å². The fourth-order valence-electron chi connectivity index (χ4n) is 1.01. The number of carbonyl (C=O) groups is 1. The van der Waals surface area contributed by atoms with Crippen LogP contribution in [0.1, 0.15) is 27.7 Å². The molecule has 16 heavy (non-hydrogen) atoms. The fourth-order valence-corrected chi connectivity index (χ4v) is 1.01. The van der Waals surface area contributed by atoms with Gasteiger partial charge in [0, 0.05) is 20.2 Å². The number of amides is 1. The molecule has 2 N–H and O–H groups in total. The summed E-state index contributed by atoms with van der Waals surface area (Å²) in [7, 11) is 1.65. The number of ether oxygens (including phenoxy) is 1. The maximum absolute atomic E-state index is 11.4. The number of hydrogen-bond donors (Lipinski definition) is 2. The number of carbonyl (C=O) groups excluding carboxylic acids is 1. The molecule has 0 rings (SSSR count). The van der Waals surface area contributed by atoms with Crippen molar-refractivity contribution in [3.05, 3.63) is 0 Å². The number of hydrogen-bond acceptors (Lipinski definition) is 3. The molecule has 4 heteroatoms. The molecule has 0 saturated carbocycles. The number of nitrogens with one attached hydrogen (secondary N) is 2. The Morgan fingerprint density at radius 3 is 2.50 bits per heavy atom. The second kappa shape index (κ2) is 7.63. The Balaban J connectivity index is 3.58. The van der Waals surface area contributed by atoms with E-state index < -0.39 is 0 Å². The Hall–Kier alpha value is -0.610. The van der Waals surface area contributed by atoms with E-state index in [1.54, 1.807) is 7.11 Å². The van der Waals surface area contributed by atoms with E-state index in [-0.39, 0.29) is 11.3 Å². The van der Waals surface area contributed by atoms with E-state index in [2.05, 4.69) is 38.3 Å². The lowest BCUT2D eigenvalue weighted by Crippen LogP contribution is -2.39. The summed E-state index contributed by atoms with van der Waals surface area (Å²) in [4.78, 5) is 11.4. The molecular weight excluding hydrogens is 204 g/mol. The summed E-state index contributed by atoms with van der Waals surface area (Å²) in [5.74, 6) is 0.516. The lowest BCUT2D eigenvalue weighted by molar-refractivity contribution is -0.120. The first-order valence-electron chi connectivity index (χ1n) is 5.84. The van der Waals surface area contributed by atoms with Crippen LogP contribution in [0.4, 0.5) is 0 Å². The van der Waals surface area contributed by atoms with Gasteiger partial charge in [0.2, 0.25) is 5.91 Å². The van der Waals surface area contributed by atoms with Gasteiger partial charge in [0.25, 0.3) is 0 Å². The molecule has 0 heterocycles. The predicted octanol–water partition coefficient (Wildman–Crippen LogP) is 1.02. The lowest BCUT2D eigenvalue weighted by atomic mass is 9.82. The molecule has 0 aromatic heterocycles. The molecule has 0 aliphatic rings. The van der Waals surface area contributed by atoms with E-state index in [1.807, 2.05) is 0 Å². The van der Waals surface area contributed by atoms with Gasteiger partial charge in [0.1, 0.15) is 0 Å². The third-order valence-electron chi connectivity index (χ3n) is 2.85. The van der Waals surface area contributed by atoms with Crippen molar-refractivity contribution in [3.8, 4) is 0 Å². The maximum atomic E-state index is 11.4. The van der Waals surface area contributed by atoms with Gasteiger partial charge >= 0.3 is 0 Å². The molecule has 0 saturated heterocycles. The van der Waals surface area contributed by atoms with Crippen LogP contribution >= 0.6 is 0 Å². The number of rotatable bonds is 7. The average molecular weight is 230 g/mol.